The minimum absolute atomic E-state index is 0.211. The van der Waals surface area contributed by atoms with Crippen molar-refractivity contribution >= 4 is 9.84 Å². The Morgan fingerprint density at radius 3 is 2.53 bits per heavy atom. The van der Waals surface area contributed by atoms with Gasteiger partial charge in [0.25, 0.3) is 0 Å². The van der Waals surface area contributed by atoms with E-state index in [4.69, 9.17) is 0 Å². The monoisotopic (exact) mass is 290 g/mol. The van der Waals surface area contributed by atoms with Gasteiger partial charge in [-0.3, -0.25) is 0 Å². The highest BCUT2D eigenvalue weighted by atomic mass is 32.2. The standard InChI is InChI=1S/C14H30N2O2S/c1-5-8-14(3,11-15-6-2)12-16(4)13-7-9-19(17,18)10-13/h13,15H,5-12H2,1-4H3. The zero-order chi connectivity index (χ0) is 14.5. The van der Waals surface area contributed by atoms with Gasteiger partial charge in [0.15, 0.2) is 9.84 Å². The molecule has 0 aliphatic carbocycles. The zero-order valence-corrected chi connectivity index (χ0v) is 13.7. The summed E-state index contributed by atoms with van der Waals surface area (Å²) in [6.45, 7) is 9.60. The Hall–Kier alpha value is -0.130. The number of hydrogen-bond donors (Lipinski definition) is 1. The van der Waals surface area contributed by atoms with Gasteiger partial charge in [-0.2, -0.15) is 0 Å². The molecular weight excluding hydrogens is 260 g/mol. The van der Waals surface area contributed by atoms with Crippen LogP contribution in [0, 0.1) is 5.41 Å². The lowest BCUT2D eigenvalue weighted by molar-refractivity contribution is 0.144. The van der Waals surface area contributed by atoms with Crippen LogP contribution in [-0.4, -0.2) is 57.5 Å². The first-order valence-electron chi connectivity index (χ1n) is 7.43. The van der Waals surface area contributed by atoms with Gasteiger partial charge in [-0.15, -0.1) is 0 Å². The largest absolute Gasteiger partial charge is 0.316 e. The van der Waals surface area contributed by atoms with E-state index in [1.807, 2.05) is 0 Å². The number of sulfone groups is 1. The van der Waals surface area contributed by atoms with E-state index in [1.54, 1.807) is 0 Å². The quantitative estimate of drug-likeness (QED) is 0.736. The van der Waals surface area contributed by atoms with Gasteiger partial charge in [0, 0.05) is 19.1 Å². The Morgan fingerprint density at radius 1 is 1.37 bits per heavy atom. The second-order valence-electron chi connectivity index (χ2n) is 6.31. The molecule has 1 N–H and O–H groups in total. The Balaban J connectivity index is 2.58. The van der Waals surface area contributed by atoms with Gasteiger partial charge >= 0.3 is 0 Å². The molecule has 0 aromatic heterocycles. The summed E-state index contributed by atoms with van der Waals surface area (Å²) < 4.78 is 23.1. The normalized spacial score (nSPS) is 25.6. The topological polar surface area (TPSA) is 49.4 Å². The highest BCUT2D eigenvalue weighted by Gasteiger charge is 2.34. The Bertz CT molecular complexity index is 370. The van der Waals surface area contributed by atoms with Crippen molar-refractivity contribution in [3.63, 3.8) is 0 Å². The number of nitrogens with zero attached hydrogens (tertiary/aromatic N) is 1. The van der Waals surface area contributed by atoms with E-state index < -0.39 is 9.84 Å². The molecule has 4 nitrogen and oxygen atoms in total. The Morgan fingerprint density at radius 2 is 2.05 bits per heavy atom. The van der Waals surface area contributed by atoms with E-state index in [9.17, 15) is 8.42 Å². The van der Waals surface area contributed by atoms with Crippen LogP contribution in [0.1, 0.15) is 40.0 Å². The fourth-order valence-corrected chi connectivity index (χ4v) is 4.91. The molecule has 1 heterocycles. The molecule has 0 aromatic carbocycles. The van der Waals surface area contributed by atoms with E-state index in [0.717, 1.165) is 26.1 Å². The maximum absolute atomic E-state index is 11.6. The lowest BCUT2D eigenvalue weighted by Gasteiger charge is -2.36. The first kappa shape index (κ1) is 16.9. The third-order valence-corrected chi connectivity index (χ3v) is 5.87. The smallest absolute Gasteiger partial charge is 0.151 e. The summed E-state index contributed by atoms with van der Waals surface area (Å²) in [6.07, 6.45) is 3.13. The van der Waals surface area contributed by atoms with E-state index >= 15 is 0 Å². The van der Waals surface area contributed by atoms with Gasteiger partial charge in [-0.1, -0.05) is 27.2 Å². The van der Waals surface area contributed by atoms with Crippen LogP contribution in [0.25, 0.3) is 0 Å². The average molecular weight is 290 g/mol. The van der Waals surface area contributed by atoms with Crippen LogP contribution >= 0.6 is 0 Å². The van der Waals surface area contributed by atoms with Gasteiger partial charge < -0.3 is 10.2 Å². The van der Waals surface area contributed by atoms with Crippen molar-refractivity contribution in [1.29, 1.82) is 0 Å². The molecule has 0 bridgehead atoms. The van der Waals surface area contributed by atoms with E-state index in [0.29, 0.717) is 11.5 Å². The van der Waals surface area contributed by atoms with Crippen LogP contribution in [0.3, 0.4) is 0 Å². The maximum Gasteiger partial charge on any atom is 0.151 e. The van der Waals surface area contributed by atoms with Crippen molar-refractivity contribution < 1.29 is 8.42 Å². The highest BCUT2D eigenvalue weighted by Crippen LogP contribution is 2.26. The number of rotatable bonds is 8. The minimum Gasteiger partial charge on any atom is -0.316 e. The molecule has 2 atom stereocenters. The lowest BCUT2D eigenvalue weighted by Crippen LogP contribution is -2.45. The second-order valence-corrected chi connectivity index (χ2v) is 8.54. The molecule has 1 aliphatic heterocycles. The predicted octanol–water partition coefficient (Wildman–Crippen LogP) is 1.52. The Labute approximate surface area is 118 Å². The van der Waals surface area contributed by atoms with Crippen LogP contribution in [0.4, 0.5) is 0 Å². The summed E-state index contributed by atoms with van der Waals surface area (Å²) in [7, 11) is -0.708. The van der Waals surface area contributed by atoms with Crippen LogP contribution in [0.15, 0.2) is 0 Å². The molecule has 0 saturated carbocycles. The van der Waals surface area contributed by atoms with Crippen molar-refractivity contribution in [3.05, 3.63) is 0 Å². The van der Waals surface area contributed by atoms with Crippen molar-refractivity contribution in [2.75, 3.05) is 38.2 Å². The molecule has 19 heavy (non-hydrogen) atoms. The highest BCUT2D eigenvalue weighted by molar-refractivity contribution is 7.91. The molecular formula is C14H30N2O2S. The molecule has 1 aliphatic rings. The fraction of sp³-hybridized carbons (Fsp3) is 1.00. The zero-order valence-electron chi connectivity index (χ0n) is 12.9. The van der Waals surface area contributed by atoms with Gasteiger partial charge in [-0.05, 0) is 31.8 Å². The third-order valence-electron chi connectivity index (χ3n) is 4.12. The molecule has 0 aromatic rings. The SMILES string of the molecule is CCCC(C)(CNCC)CN(C)C1CCS(=O)(=O)C1. The number of nitrogens with one attached hydrogen (secondary N) is 1. The predicted molar refractivity (Wildman–Crippen MR) is 81.2 cm³/mol. The van der Waals surface area contributed by atoms with Crippen molar-refractivity contribution in [2.45, 2.75) is 46.1 Å². The van der Waals surface area contributed by atoms with Crippen molar-refractivity contribution in [2.24, 2.45) is 5.41 Å². The Kier molecular flexibility index (Phi) is 6.27. The van der Waals surface area contributed by atoms with Crippen LogP contribution < -0.4 is 5.32 Å². The molecule has 114 valence electrons. The molecule has 0 amide bonds. The summed E-state index contributed by atoms with van der Waals surface area (Å²) in [5, 5.41) is 3.44. The van der Waals surface area contributed by atoms with Gasteiger partial charge in [0.05, 0.1) is 11.5 Å². The molecule has 1 rings (SSSR count). The molecule has 5 heteroatoms. The van der Waals surface area contributed by atoms with Crippen molar-refractivity contribution in [1.82, 2.24) is 10.2 Å². The molecule has 0 radical (unpaired) electrons. The average Bonchev–Trinajstić information content (AvgIpc) is 2.67. The number of hydrogen-bond acceptors (Lipinski definition) is 4. The van der Waals surface area contributed by atoms with Gasteiger partial charge in [-0.25, -0.2) is 8.42 Å². The molecule has 0 spiro atoms. The van der Waals surface area contributed by atoms with Gasteiger partial charge in [0.1, 0.15) is 0 Å². The summed E-state index contributed by atoms with van der Waals surface area (Å²) in [5.74, 6) is 0.701. The molecule has 1 fully saturated rings. The van der Waals surface area contributed by atoms with Gasteiger partial charge in [0.2, 0.25) is 0 Å². The summed E-state index contributed by atoms with van der Waals surface area (Å²) in [6, 6.07) is 0.211. The lowest BCUT2D eigenvalue weighted by atomic mass is 9.84. The summed E-state index contributed by atoms with van der Waals surface area (Å²) in [4.78, 5) is 2.26. The maximum atomic E-state index is 11.6. The minimum atomic E-state index is -2.78. The van der Waals surface area contributed by atoms with Crippen molar-refractivity contribution in [3.8, 4) is 0 Å². The molecule has 2 unspecified atom stereocenters. The first-order valence-corrected chi connectivity index (χ1v) is 9.25. The third kappa shape index (κ3) is 5.40. The van der Waals surface area contributed by atoms with E-state index in [-0.39, 0.29) is 11.5 Å². The van der Waals surface area contributed by atoms with Crippen LogP contribution in [0.5, 0.6) is 0 Å². The molecule has 1 saturated heterocycles. The summed E-state index contributed by atoms with van der Waals surface area (Å²) in [5.41, 5.74) is 0.228. The first-order chi connectivity index (χ1) is 8.82. The van der Waals surface area contributed by atoms with Crippen LogP contribution in [-0.2, 0) is 9.84 Å². The second kappa shape index (κ2) is 7.04. The fourth-order valence-electron chi connectivity index (χ4n) is 3.11. The van der Waals surface area contributed by atoms with E-state index in [2.05, 4.69) is 38.0 Å². The summed E-state index contributed by atoms with van der Waals surface area (Å²) >= 11 is 0. The van der Waals surface area contributed by atoms with E-state index in [1.165, 1.54) is 12.8 Å². The van der Waals surface area contributed by atoms with Crippen LogP contribution in [0.2, 0.25) is 0 Å².